The smallest absolute Gasteiger partial charge is 0.219 e. The summed E-state index contributed by atoms with van der Waals surface area (Å²) in [4.78, 5) is 4.64. The molecule has 29 heavy (non-hydrogen) atoms. The molecule has 150 valence electrons. The molecule has 0 amide bonds. The fourth-order valence-corrected chi connectivity index (χ4v) is 4.37. The lowest BCUT2D eigenvalue weighted by Crippen LogP contribution is -2.29. The standard InChI is InChI=1S/C23H22Cl2N2O2/c1-29-23-17(22(28)20-10-5-13-26-20)11-12-19(27-23)16-8-4-7-15(21(16)25)14-6-2-3-9-18(14)24/h2-4,6-9,11-12,20,22,26,28H,5,10,13H2,1H3/t20-,22-/m1/s1. The second kappa shape index (κ2) is 8.72. The van der Waals surface area contributed by atoms with Crippen LogP contribution in [0.3, 0.4) is 0 Å². The van der Waals surface area contributed by atoms with E-state index in [0.717, 1.165) is 36.1 Å². The Morgan fingerprint density at radius 2 is 1.79 bits per heavy atom. The summed E-state index contributed by atoms with van der Waals surface area (Å²) < 4.78 is 5.50. The maximum absolute atomic E-state index is 10.7. The number of nitrogens with one attached hydrogen (secondary N) is 1. The number of nitrogens with zero attached hydrogens (tertiary/aromatic N) is 1. The van der Waals surface area contributed by atoms with E-state index < -0.39 is 6.10 Å². The van der Waals surface area contributed by atoms with Gasteiger partial charge in [-0.15, -0.1) is 0 Å². The summed E-state index contributed by atoms with van der Waals surface area (Å²) in [5, 5.41) is 15.3. The first kappa shape index (κ1) is 20.2. The van der Waals surface area contributed by atoms with Gasteiger partial charge in [0.2, 0.25) is 5.88 Å². The molecule has 2 atom stereocenters. The number of pyridine rings is 1. The van der Waals surface area contributed by atoms with Crippen molar-refractivity contribution in [2.45, 2.75) is 25.0 Å². The molecule has 0 spiro atoms. The SMILES string of the molecule is COc1nc(-c2cccc(-c3ccccc3Cl)c2Cl)ccc1[C@@H](O)[C@H]1CCCN1. The number of aliphatic hydroxyl groups excluding tert-OH is 1. The molecule has 0 unspecified atom stereocenters. The Labute approximate surface area is 180 Å². The summed E-state index contributed by atoms with van der Waals surface area (Å²) in [6, 6.07) is 17.1. The minimum Gasteiger partial charge on any atom is -0.481 e. The van der Waals surface area contributed by atoms with Crippen LogP contribution in [0.4, 0.5) is 0 Å². The lowest BCUT2D eigenvalue weighted by Gasteiger charge is -2.21. The van der Waals surface area contributed by atoms with Crippen LogP contribution in [0.5, 0.6) is 5.88 Å². The van der Waals surface area contributed by atoms with E-state index >= 15 is 0 Å². The molecule has 4 nitrogen and oxygen atoms in total. The molecule has 4 rings (SSSR count). The fourth-order valence-electron chi connectivity index (χ4n) is 3.81. The van der Waals surface area contributed by atoms with Crippen molar-refractivity contribution in [1.82, 2.24) is 10.3 Å². The molecule has 1 aliphatic rings. The van der Waals surface area contributed by atoms with Crippen molar-refractivity contribution in [2.75, 3.05) is 13.7 Å². The lowest BCUT2D eigenvalue weighted by molar-refractivity contribution is 0.133. The average Bonchev–Trinajstić information content (AvgIpc) is 3.28. The predicted molar refractivity (Wildman–Crippen MR) is 118 cm³/mol. The molecule has 1 aliphatic heterocycles. The summed E-state index contributed by atoms with van der Waals surface area (Å²) >= 11 is 13.1. The third-order valence-corrected chi connectivity index (χ3v) is 6.06. The van der Waals surface area contributed by atoms with Crippen LogP contribution in [0.2, 0.25) is 10.0 Å². The molecular weight excluding hydrogens is 407 g/mol. The van der Waals surface area contributed by atoms with Crippen LogP contribution < -0.4 is 10.1 Å². The summed E-state index contributed by atoms with van der Waals surface area (Å²) in [5.41, 5.74) is 3.84. The zero-order chi connectivity index (χ0) is 20.4. The maximum Gasteiger partial charge on any atom is 0.219 e. The molecule has 1 aromatic heterocycles. The first-order valence-electron chi connectivity index (χ1n) is 9.60. The zero-order valence-electron chi connectivity index (χ0n) is 16.0. The molecule has 2 heterocycles. The minimum absolute atomic E-state index is 0.0173. The van der Waals surface area contributed by atoms with Crippen molar-refractivity contribution in [1.29, 1.82) is 0 Å². The van der Waals surface area contributed by atoms with Crippen molar-refractivity contribution in [3.8, 4) is 28.3 Å². The Balaban J connectivity index is 1.74. The molecule has 0 bridgehead atoms. The molecule has 1 saturated heterocycles. The molecule has 3 aromatic rings. The quantitative estimate of drug-likeness (QED) is 0.561. The van der Waals surface area contributed by atoms with E-state index in [1.807, 2.05) is 54.6 Å². The van der Waals surface area contributed by atoms with Gasteiger partial charge in [-0.1, -0.05) is 59.6 Å². The molecule has 0 saturated carbocycles. The van der Waals surface area contributed by atoms with Crippen LogP contribution in [-0.2, 0) is 0 Å². The van der Waals surface area contributed by atoms with Crippen LogP contribution in [-0.4, -0.2) is 29.8 Å². The second-order valence-corrected chi connectivity index (χ2v) is 7.87. The van der Waals surface area contributed by atoms with Gasteiger partial charge in [-0.2, -0.15) is 0 Å². The molecule has 0 radical (unpaired) electrons. The molecule has 0 aliphatic carbocycles. The Morgan fingerprint density at radius 1 is 1.03 bits per heavy atom. The number of halogens is 2. The van der Waals surface area contributed by atoms with Gasteiger partial charge in [0.1, 0.15) is 0 Å². The fraction of sp³-hybridized carbons (Fsp3) is 0.261. The first-order chi connectivity index (χ1) is 14.1. The van der Waals surface area contributed by atoms with Gasteiger partial charge >= 0.3 is 0 Å². The number of rotatable bonds is 5. The van der Waals surface area contributed by atoms with Crippen molar-refractivity contribution in [2.24, 2.45) is 0 Å². The Morgan fingerprint density at radius 3 is 2.52 bits per heavy atom. The van der Waals surface area contributed by atoms with Crippen molar-refractivity contribution in [3.05, 3.63) is 70.2 Å². The van der Waals surface area contributed by atoms with Crippen molar-refractivity contribution in [3.63, 3.8) is 0 Å². The van der Waals surface area contributed by atoms with Gasteiger partial charge in [-0.3, -0.25) is 0 Å². The highest BCUT2D eigenvalue weighted by Gasteiger charge is 2.27. The number of hydrogen-bond donors (Lipinski definition) is 2. The van der Waals surface area contributed by atoms with E-state index in [1.54, 1.807) is 7.11 Å². The van der Waals surface area contributed by atoms with Gasteiger partial charge in [0.15, 0.2) is 0 Å². The van der Waals surface area contributed by atoms with Crippen molar-refractivity contribution < 1.29 is 9.84 Å². The Bertz CT molecular complexity index is 1020. The summed E-state index contributed by atoms with van der Waals surface area (Å²) in [5.74, 6) is 0.405. The summed E-state index contributed by atoms with van der Waals surface area (Å²) in [6.07, 6.45) is 1.32. The Kier molecular flexibility index (Phi) is 6.07. The van der Waals surface area contributed by atoms with Crippen LogP contribution in [0.25, 0.3) is 22.4 Å². The van der Waals surface area contributed by atoms with Gasteiger partial charge in [-0.05, 0) is 37.6 Å². The van der Waals surface area contributed by atoms with Crippen LogP contribution in [0.1, 0.15) is 24.5 Å². The zero-order valence-corrected chi connectivity index (χ0v) is 17.5. The maximum atomic E-state index is 10.7. The predicted octanol–water partition coefficient (Wildman–Crippen LogP) is 5.52. The molecule has 2 N–H and O–H groups in total. The summed E-state index contributed by atoms with van der Waals surface area (Å²) in [6.45, 7) is 0.917. The van der Waals surface area contributed by atoms with Gasteiger partial charge in [0.05, 0.1) is 23.9 Å². The third kappa shape index (κ3) is 3.99. The average molecular weight is 429 g/mol. The summed E-state index contributed by atoms with van der Waals surface area (Å²) in [7, 11) is 1.56. The number of ether oxygens (including phenoxy) is 1. The number of aromatic nitrogens is 1. The first-order valence-corrected chi connectivity index (χ1v) is 10.4. The van der Waals surface area contributed by atoms with E-state index in [-0.39, 0.29) is 6.04 Å². The molecule has 1 fully saturated rings. The second-order valence-electron chi connectivity index (χ2n) is 7.09. The van der Waals surface area contributed by atoms with Crippen LogP contribution in [0.15, 0.2) is 54.6 Å². The highest BCUT2D eigenvalue weighted by atomic mass is 35.5. The highest BCUT2D eigenvalue weighted by Crippen LogP contribution is 2.39. The minimum atomic E-state index is -0.668. The largest absolute Gasteiger partial charge is 0.481 e. The number of aliphatic hydroxyl groups is 1. The number of hydrogen-bond acceptors (Lipinski definition) is 4. The van der Waals surface area contributed by atoms with Crippen LogP contribution in [0, 0.1) is 0 Å². The van der Waals surface area contributed by atoms with E-state index in [2.05, 4.69) is 10.3 Å². The number of benzene rings is 2. The number of methoxy groups -OCH3 is 1. The van der Waals surface area contributed by atoms with E-state index in [9.17, 15) is 5.11 Å². The monoisotopic (exact) mass is 428 g/mol. The van der Waals surface area contributed by atoms with Gasteiger partial charge < -0.3 is 15.2 Å². The lowest BCUT2D eigenvalue weighted by atomic mass is 9.99. The molecule has 2 aromatic carbocycles. The highest BCUT2D eigenvalue weighted by molar-refractivity contribution is 6.38. The topological polar surface area (TPSA) is 54.4 Å². The van der Waals surface area contributed by atoms with Gasteiger partial charge in [0.25, 0.3) is 0 Å². The molecular formula is C23H22Cl2N2O2. The molecule has 6 heteroatoms. The van der Waals surface area contributed by atoms with Gasteiger partial charge in [-0.25, -0.2) is 4.98 Å². The van der Waals surface area contributed by atoms with Crippen LogP contribution >= 0.6 is 23.2 Å². The van der Waals surface area contributed by atoms with E-state index in [0.29, 0.717) is 27.2 Å². The Hall–Kier alpha value is -2.11. The third-order valence-electron chi connectivity index (χ3n) is 5.32. The van der Waals surface area contributed by atoms with E-state index in [4.69, 9.17) is 27.9 Å². The van der Waals surface area contributed by atoms with E-state index in [1.165, 1.54) is 0 Å². The van der Waals surface area contributed by atoms with Crippen molar-refractivity contribution >= 4 is 23.2 Å². The van der Waals surface area contributed by atoms with Gasteiger partial charge in [0, 0.05) is 33.3 Å². The normalized spacial score (nSPS) is 17.3.